The minimum Gasteiger partial charge on any atom is -0.488 e. The molecular weight excluding hydrogens is 478 g/mol. The van der Waals surface area contributed by atoms with Gasteiger partial charge in [-0.1, -0.05) is 78.9 Å². The number of ether oxygens (including phenoxy) is 1. The molecule has 0 aliphatic carbocycles. The van der Waals surface area contributed by atoms with Crippen molar-refractivity contribution in [3.63, 3.8) is 0 Å². The number of aromatic nitrogens is 5. The fourth-order valence-corrected chi connectivity index (χ4v) is 4.46. The van der Waals surface area contributed by atoms with E-state index in [-0.39, 0.29) is 12.2 Å². The van der Waals surface area contributed by atoms with E-state index in [0.717, 1.165) is 39.1 Å². The summed E-state index contributed by atoms with van der Waals surface area (Å²) in [6.07, 6.45) is 1.21. The first kappa shape index (κ1) is 24.8. The van der Waals surface area contributed by atoms with Gasteiger partial charge in [-0.2, -0.15) is 5.21 Å². The number of carboxylic acids is 1. The van der Waals surface area contributed by atoms with E-state index in [2.05, 4.69) is 25.6 Å². The number of aromatic amines is 1. The Kier molecular flexibility index (Phi) is 7.21. The number of aromatic carboxylic acids is 1. The molecule has 2 N–H and O–H groups in total. The molecule has 0 radical (unpaired) electrons. The van der Waals surface area contributed by atoms with E-state index in [0.29, 0.717) is 30.1 Å². The van der Waals surface area contributed by atoms with Crippen molar-refractivity contribution in [2.45, 2.75) is 33.3 Å². The van der Waals surface area contributed by atoms with Crippen LogP contribution in [0.5, 0.6) is 5.75 Å². The van der Waals surface area contributed by atoms with Gasteiger partial charge in [-0.25, -0.2) is 4.79 Å². The van der Waals surface area contributed by atoms with Gasteiger partial charge >= 0.3 is 5.97 Å². The number of aryl methyl sites for hydroxylation is 3. The molecule has 0 unspecified atom stereocenters. The molecule has 0 saturated heterocycles. The molecule has 0 spiro atoms. The van der Waals surface area contributed by atoms with Crippen LogP contribution < -0.4 is 4.74 Å². The summed E-state index contributed by atoms with van der Waals surface area (Å²) in [5, 5.41) is 24.5. The third-order valence-corrected chi connectivity index (χ3v) is 6.57. The van der Waals surface area contributed by atoms with Gasteiger partial charge in [0.25, 0.3) is 0 Å². The number of nitrogens with zero attached hydrogens (tertiary/aromatic N) is 4. The van der Waals surface area contributed by atoms with Gasteiger partial charge in [0, 0.05) is 16.8 Å². The minimum atomic E-state index is -1.04. The molecule has 0 aliphatic heterocycles. The second-order valence-corrected chi connectivity index (χ2v) is 9.03. The Morgan fingerprint density at radius 2 is 1.58 bits per heavy atom. The summed E-state index contributed by atoms with van der Waals surface area (Å²) in [6, 6.07) is 25.8. The van der Waals surface area contributed by atoms with Crippen LogP contribution in [-0.2, 0) is 19.4 Å². The van der Waals surface area contributed by atoms with Crippen molar-refractivity contribution in [2.24, 2.45) is 0 Å². The van der Waals surface area contributed by atoms with Crippen molar-refractivity contribution in [3.05, 3.63) is 113 Å². The maximum atomic E-state index is 12.3. The molecule has 0 saturated carbocycles. The number of tetrazole rings is 1. The SMILES string of the molecule is Cc1nc(CCc2ccccc2)c(C(=O)O)c(OCc2ccc(-c3ccccc3-c3nn[nH]n3)cc2)c1C. The van der Waals surface area contributed by atoms with Gasteiger partial charge in [0.1, 0.15) is 17.9 Å². The third kappa shape index (κ3) is 5.29. The summed E-state index contributed by atoms with van der Waals surface area (Å²) in [5.74, 6) is -0.132. The summed E-state index contributed by atoms with van der Waals surface area (Å²) in [6.45, 7) is 3.97. The summed E-state index contributed by atoms with van der Waals surface area (Å²) in [4.78, 5) is 16.9. The van der Waals surface area contributed by atoms with Crippen LogP contribution in [0, 0.1) is 13.8 Å². The molecule has 38 heavy (non-hydrogen) atoms. The van der Waals surface area contributed by atoms with Gasteiger partial charge in [-0.05, 0) is 54.2 Å². The third-order valence-electron chi connectivity index (χ3n) is 6.57. The topological polar surface area (TPSA) is 114 Å². The van der Waals surface area contributed by atoms with Crippen LogP contribution in [0.15, 0.2) is 78.9 Å². The fraction of sp³-hybridized carbons (Fsp3) is 0.167. The summed E-state index contributed by atoms with van der Waals surface area (Å²) in [5.41, 5.74) is 7.08. The van der Waals surface area contributed by atoms with Gasteiger partial charge in [-0.3, -0.25) is 4.98 Å². The summed E-state index contributed by atoms with van der Waals surface area (Å²) in [7, 11) is 0. The van der Waals surface area contributed by atoms with E-state index in [1.165, 1.54) is 0 Å². The van der Waals surface area contributed by atoms with E-state index in [9.17, 15) is 9.90 Å². The molecule has 8 nitrogen and oxygen atoms in total. The molecule has 0 bridgehead atoms. The quantitative estimate of drug-likeness (QED) is 0.268. The first-order valence-corrected chi connectivity index (χ1v) is 12.3. The van der Waals surface area contributed by atoms with Crippen LogP contribution >= 0.6 is 0 Å². The van der Waals surface area contributed by atoms with Crippen molar-refractivity contribution in [1.82, 2.24) is 25.6 Å². The number of benzene rings is 3. The standard InChI is InChI=1S/C30H27N5O3/c1-19-20(2)31-26(17-14-21-8-4-3-5-9-21)27(30(36)37)28(19)38-18-22-12-15-23(16-13-22)24-10-6-7-11-25(24)29-32-34-35-33-29/h3-13,15-16H,14,17-18H2,1-2H3,(H,36,37)(H,32,33,34,35). The Labute approximate surface area is 220 Å². The minimum absolute atomic E-state index is 0.134. The molecule has 0 aliphatic rings. The molecule has 0 amide bonds. The van der Waals surface area contributed by atoms with Gasteiger partial charge in [0.05, 0.1) is 5.69 Å². The fourth-order valence-electron chi connectivity index (χ4n) is 4.46. The Morgan fingerprint density at radius 3 is 2.26 bits per heavy atom. The monoisotopic (exact) mass is 505 g/mol. The zero-order chi connectivity index (χ0) is 26.5. The van der Waals surface area contributed by atoms with E-state index in [4.69, 9.17) is 4.74 Å². The van der Waals surface area contributed by atoms with Crippen molar-refractivity contribution < 1.29 is 14.6 Å². The Morgan fingerprint density at radius 1 is 0.868 bits per heavy atom. The number of carboxylic acid groups (broad SMARTS) is 1. The van der Waals surface area contributed by atoms with Crippen molar-refractivity contribution in [2.75, 3.05) is 0 Å². The molecule has 2 heterocycles. The lowest BCUT2D eigenvalue weighted by Crippen LogP contribution is -2.13. The maximum absolute atomic E-state index is 12.3. The lowest BCUT2D eigenvalue weighted by Gasteiger charge is -2.17. The second kappa shape index (κ2) is 11.0. The van der Waals surface area contributed by atoms with E-state index < -0.39 is 5.97 Å². The number of rotatable bonds is 9. The van der Waals surface area contributed by atoms with Gasteiger partial charge in [-0.15, -0.1) is 10.2 Å². The molecule has 8 heteroatoms. The molecule has 3 aromatic carbocycles. The highest BCUT2D eigenvalue weighted by Gasteiger charge is 2.22. The van der Waals surface area contributed by atoms with Crippen molar-refractivity contribution >= 4 is 5.97 Å². The van der Waals surface area contributed by atoms with Crippen molar-refractivity contribution in [3.8, 4) is 28.3 Å². The number of carbonyl (C=O) groups is 1. The number of pyridine rings is 1. The summed E-state index contributed by atoms with van der Waals surface area (Å²) >= 11 is 0. The number of hydrogen-bond acceptors (Lipinski definition) is 6. The molecule has 5 aromatic rings. The highest BCUT2D eigenvalue weighted by atomic mass is 16.5. The lowest BCUT2D eigenvalue weighted by atomic mass is 9.98. The average molecular weight is 506 g/mol. The second-order valence-electron chi connectivity index (χ2n) is 9.03. The average Bonchev–Trinajstić information content (AvgIpc) is 3.48. The van der Waals surface area contributed by atoms with Crippen LogP contribution in [-0.4, -0.2) is 36.7 Å². The Hall–Kier alpha value is -4.85. The van der Waals surface area contributed by atoms with Crippen LogP contribution in [0.4, 0.5) is 0 Å². The number of nitrogens with one attached hydrogen (secondary N) is 1. The largest absolute Gasteiger partial charge is 0.488 e. The van der Waals surface area contributed by atoms with Gasteiger partial charge < -0.3 is 9.84 Å². The maximum Gasteiger partial charge on any atom is 0.341 e. The zero-order valence-electron chi connectivity index (χ0n) is 21.2. The number of H-pyrrole nitrogens is 1. The van der Waals surface area contributed by atoms with E-state index in [1.807, 2.05) is 92.7 Å². The molecule has 2 aromatic heterocycles. The molecule has 5 rings (SSSR count). The van der Waals surface area contributed by atoms with Crippen LogP contribution in [0.1, 0.15) is 38.4 Å². The van der Waals surface area contributed by atoms with Crippen LogP contribution in [0.3, 0.4) is 0 Å². The Bertz CT molecular complexity index is 1550. The molecule has 0 fully saturated rings. The highest BCUT2D eigenvalue weighted by molar-refractivity contribution is 5.93. The van der Waals surface area contributed by atoms with Gasteiger partial charge in [0.15, 0.2) is 0 Å². The predicted molar refractivity (Wildman–Crippen MR) is 144 cm³/mol. The summed E-state index contributed by atoms with van der Waals surface area (Å²) < 4.78 is 6.16. The van der Waals surface area contributed by atoms with Crippen LogP contribution in [0.25, 0.3) is 22.5 Å². The predicted octanol–water partition coefficient (Wildman–Crippen LogP) is 5.61. The molecule has 190 valence electrons. The first-order valence-electron chi connectivity index (χ1n) is 12.3. The van der Waals surface area contributed by atoms with E-state index in [1.54, 1.807) is 0 Å². The molecule has 0 atom stereocenters. The van der Waals surface area contributed by atoms with Gasteiger partial charge in [0.2, 0.25) is 5.82 Å². The smallest absolute Gasteiger partial charge is 0.341 e. The zero-order valence-corrected chi connectivity index (χ0v) is 21.2. The van der Waals surface area contributed by atoms with E-state index >= 15 is 0 Å². The lowest BCUT2D eigenvalue weighted by molar-refractivity contribution is 0.0689. The van der Waals surface area contributed by atoms with Crippen LogP contribution in [0.2, 0.25) is 0 Å². The number of hydrogen-bond donors (Lipinski definition) is 2. The Balaban J connectivity index is 1.37. The normalized spacial score (nSPS) is 10.9. The molecular formula is C30H27N5O3. The highest BCUT2D eigenvalue weighted by Crippen LogP contribution is 2.32. The van der Waals surface area contributed by atoms with Crippen molar-refractivity contribution in [1.29, 1.82) is 0 Å². The first-order chi connectivity index (χ1) is 18.5.